The maximum Gasteiger partial charge on any atom is 0.251 e. The van der Waals surface area contributed by atoms with E-state index in [0.29, 0.717) is 5.56 Å². The van der Waals surface area contributed by atoms with Crippen LogP contribution in [-0.2, 0) is 0 Å². The number of carbonyl (C=O) groups is 1. The predicted molar refractivity (Wildman–Crippen MR) is 78.1 cm³/mol. The van der Waals surface area contributed by atoms with Gasteiger partial charge in [0.15, 0.2) is 0 Å². The van der Waals surface area contributed by atoms with E-state index >= 15 is 0 Å². The first-order valence-electron chi connectivity index (χ1n) is 7.21. The van der Waals surface area contributed by atoms with Gasteiger partial charge in [-0.15, -0.1) is 0 Å². The molecule has 1 N–H and O–H groups in total. The van der Waals surface area contributed by atoms with Gasteiger partial charge in [-0.1, -0.05) is 13.8 Å². The van der Waals surface area contributed by atoms with E-state index in [9.17, 15) is 9.18 Å². The molecule has 1 amide bonds. The van der Waals surface area contributed by atoms with Crippen LogP contribution in [0, 0.1) is 5.95 Å². The zero-order valence-corrected chi connectivity index (χ0v) is 12.5. The van der Waals surface area contributed by atoms with Gasteiger partial charge in [-0.2, -0.15) is 4.39 Å². The molecule has 1 rings (SSSR count). The first-order valence-corrected chi connectivity index (χ1v) is 7.21. The molecule has 0 saturated carbocycles. The number of carbonyl (C=O) groups excluding carboxylic acids is 1. The molecule has 0 aliphatic carbocycles. The molecular formula is C15H24FN3O. The third kappa shape index (κ3) is 5.65. The Morgan fingerprint density at radius 2 is 2.15 bits per heavy atom. The van der Waals surface area contributed by atoms with Gasteiger partial charge in [-0.05, 0) is 45.5 Å². The maximum atomic E-state index is 12.9. The van der Waals surface area contributed by atoms with Crippen molar-refractivity contribution >= 4 is 5.91 Å². The molecule has 0 radical (unpaired) electrons. The molecule has 20 heavy (non-hydrogen) atoms. The van der Waals surface area contributed by atoms with Crippen LogP contribution in [0.15, 0.2) is 18.3 Å². The van der Waals surface area contributed by atoms with E-state index in [1.165, 1.54) is 12.3 Å². The minimum absolute atomic E-state index is 0.0780. The number of rotatable bonds is 8. The Morgan fingerprint density at radius 1 is 1.45 bits per heavy atom. The summed E-state index contributed by atoms with van der Waals surface area (Å²) in [6.45, 7) is 9.40. The van der Waals surface area contributed by atoms with Gasteiger partial charge in [0, 0.05) is 23.9 Å². The molecule has 0 fully saturated rings. The number of hydrogen-bond donors (Lipinski definition) is 1. The smallest absolute Gasteiger partial charge is 0.251 e. The lowest BCUT2D eigenvalue weighted by atomic mass is 10.1. The highest BCUT2D eigenvalue weighted by molar-refractivity contribution is 5.94. The summed E-state index contributed by atoms with van der Waals surface area (Å²) in [6.07, 6.45) is 3.25. The van der Waals surface area contributed by atoms with Crippen LogP contribution in [-0.4, -0.2) is 41.5 Å². The number of nitrogens with zero attached hydrogens (tertiary/aromatic N) is 2. The molecule has 0 spiro atoms. The third-order valence-electron chi connectivity index (χ3n) is 3.37. The number of hydrogen-bond acceptors (Lipinski definition) is 3. The van der Waals surface area contributed by atoms with Crippen LogP contribution in [0.3, 0.4) is 0 Å². The Morgan fingerprint density at radius 3 is 2.75 bits per heavy atom. The molecule has 0 bridgehead atoms. The molecule has 0 aromatic carbocycles. The molecule has 0 aliphatic rings. The maximum absolute atomic E-state index is 12.9. The van der Waals surface area contributed by atoms with Gasteiger partial charge in [-0.25, -0.2) is 4.98 Å². The third-order valence-corrected chi connectivity index (χ3v) is 3.37. The fourth-order valence-electron chi connectivity index (χ4n) is 2.08. The molecule has 1 aromatic rings. The molecule has 5 heteroatoms. The summed E-state index contributed by atoms with van der Waals surface area (Å²) in [7, 11) is 0. The van der Waals surface area contributed by atoms with Crippen molar-refractivity contribution < 1.29 is 9.18 Å². The molecular weight excluding hydrogens is 257 g/mol. The summed E-state index contributed by atoms with van der Waals surface area (Å²) >= 11 is 0. The predicted octanol–water partition coefficient (Wildman–Crippen LogP) is 2.46. The van der Waals surface area contributed by atoms with E-state index in [0.717, 1.165) is 38.5 Å². The molecule has 1 unspecified atom stereocenters. The van der Waals surface area contributed by atoms with Gasteiger partial charge < -0.3 is 10.2 Å². The second kappa shape index (κ2) is 8.64. The minimum atomic E-state index is -0.633. The van der Waals surface area contributed by atoms with Crippen molar-refractivity contribution in [3.8, 4) is 0 Å². The molecule has 112 valence electrons. The number of amides is 1. The van der Waals surface area contributed by atoms with Crippen LogP contribution >= 0.6 is 0 Å². The summed E-state index contributed by atoms with van der Waals surface area (Å²) < 4.78 is 12.9. The summed E-state index contributed by atoms with van der Waals surface area (Å²) in [5.41, 5.74) is 0.313. The quantitative estimate of drug-likeness (QED) is 0.745. The monoisotopic (exact) mass is 281 g/mol. The largest absolute Gasteiger partial charge is 0.350 e. The van der Waals surface area contributed by atoms with Crippen molar-refractivity contribution in [1.82, 2.24) is 15.2 Å². The van der Waals surface area contributed by atoms with Crippen LogP contribution < -0.4 is 5.32 Å². The highest BCUT2D eigenvalue weighted by Gasteiger charge is 2.11. The summed E-state index contributed by atoms with van der Waals surface area (Å²) in [5, 5.41) is 2.88. The summed E-state index contributed by atoms with van der Waals surface area (Å²) in [5.74, 6) is -0.881. The van der Waals surface area contributed by atoms with Crippen molar-refractivity contribution in [3.63, 3.8) is 0 Å². The van der Waals surface area contributed by atoms with Crippen molar-refractivity contribution in [2.24, 2.45) is 0 Å². The highest BCUT2D eigenvalue weighted by Crippen LogP contribution is 2.04. The molecule has 1 heterocycles. The lowest BCUT2D eigenvalue weighted by Crippen LogP contribution is -2.33. The van der Waals surface area contributed by atoms with E-state index in [1.54, 1.807) is 0 Å². The van der Waals surface area contributed by atoms with Gasteiger partial charge in [0.25, 0.3) is 5.91 Å². The first kappa shape index (κ1) is 16.6. The number of nitrogens with one attached hydrogen (secondary N) is 1. The lowest BCUT2D eigenvalue weighted by Gasteiger charge is -2.19. The van der Waals surface area contributed by atoms with E-state index in [2.05, 4.69) is 29.0 Å². The number of halogens is 1. The van der Waals surface area contributed by atoms with Crippen LogP contribution in [0.1, 0.15) is 44.0 Å². The van der Waals surface area contributed by atoms with Gasteiger partial charge in [0.05, 0.1) is 0 Å². The first-order chi connectivity index (χ1) is 9.56. The Balaban J connectivity index is 2.35. The fraction of sp³-hybridized carbons (Fsp3) is 0.600. The number of aromatic nitrogens is 1. The molecule has 4 nitrogen and oxygen atoms in total. The Hall–Kier alpha value is -1.49. The normalized spacial score (nSPS) is 12.4. The van der Waals surface area contributed by atoms with Gasteiger partial charge >= 0.3 is 0 Å². The minimum Gasteiger partial charge on any atom is -0.350 e. The topological polar surface area (TPSA) is 45.2 Å². The zero-order chi connectivity index (χ0) is 15.0. The molecule has 0 aliphatic heterocycles. The standard InChI is InChI=1S/C15H24FN3O/c1-4-19(5-2)10-6-7-12(3)18-15(20)13-8-9-17-14(16)11-13/h8-9,11-12H,4-7,10H2,1-3H3,(H,18,20). The molecule has 1 aromatic heterocycles. The average molecular weight is 281 g/mol. The second-order valence-corrected chi connectivity index (χ2v) is 4.91. The van der Waals surface area contributed by atoms with Gasteiger partial charge in [-0.3, -0.25) is 4.79 Å². The highest BCUT2D eigenvalue weighted by atomic mass is 19.1. The zero-order valence-electron chi connectivity index (χ0n) is 12.5. The Bertz CT molecular complexity index is 421. The summed E-state index contributed by atoms with van der Waals surface area (Å²) in [4.78, 5) is 17.7. The molecule has 1 atom stereocenters. The van der Waals surface area contributed by atoms with Crippen LogP contribution in [0.25, 0.3) is 0 Å². The van der Waals surface area contributed by atoms with Crippen LogP contribution in [0.2, 0.25) is 0 Å². The van der Waals surface area contributed by atoms with Gasteiger partial charge in [0.1, 0.15) is 0 Å². The van der Waals surface area contributed by atoms with E-state index < -0.39 is 5.95 Å². The Kier molecular flexibility index (Phi) is 7.15. The Labute approximate surface area is 120 Å². The van der Waals surface area contributed by atoms with Crippen LogP contribution in [0.5, 0.6) is 0 Å². The van der Waals surface area contributed by atoms with Crippen LogP contribution in [0.4, 0.5) is 4.39 Å². The lowest BCUT2D eigenvalue weighted by molar-refractivity contribution is 0.0936. The molecule has 0 saturated heterocycles. The van der Waals surface area contributed by atoms with E-state index in [-0.39, 0.29) is 11.9 Å². The van der Waals surface area contributed by atoms with E-state index in [4.69, 9.17) is 0 Å². The van der Waals surface area contributed by atoms with Crippen molar-refractivity contribution in [2.75, 3.05) is 19.6 Å². The number of pyridine rings is 1. The van der Waals surface area contributed by atoms with Crippen molar-refractivity contribution in [2.45, 2.75) is 39.7 Å². The average Bonchev–Trinajstić information content (AvgIpc) is 2.43. The second-order valence-electron chi connectivity index (χ2n) is 4.91. The fourth-order valence-corrected chi connectivity index (χ4v) is 2.08. The van der Waals surface area contributed by atoms with E-state index in [1.807, 2.05) is 6.92 Å². The van der Waals surface area contributed by atoms with Crippen molar-refractivity contribution in [1.29, 1.82) is 0 Å². The SMILES string of the molecule is CCN(CC)CCCC(C)NC(=O)c1ccnc(F)c1. The van der Waals surface area contributed by atoms with Crippen molar-refractivity contribution in [3.05, 3.63) is 29.8 Å². The summed E-state index contributed by atoms with van der Waals surface area (Å²) in [6, 6.07) is 2.74. The van der Waals surface area contributed by atoms with Gasteiger partial charge in [0.2, 0.25) is 5.95 Å².